The van der Waals surface area contributed by atoms with Gasteiger partial charge in [-0.05, 0) is 32.6 Å². The van der Waals surface area contributed by atoms with E-state index in [1.54, 1.807) is 6.20 Å². The maximum absolute atomic E-state index is 12.7. The second kappa shape index (κ2) is 5.50. The van der Waals surface area contributed by atoms with Crippen LogP contribution in [0, 0.1) is 12.8 Å². The fraction of sp³-hybridized carbons (Fsp3) is 0.667. The highest BCUT2D eigenvalue weighted by atomic mass is 16.2. The lowest BCUT2D eigenvalue weighted by Crippen LogP contribution is -2.48. The second-order valence-corrected chi connectivity index (χ2v) is 6.14. The first-order valence-corrected chi connectivity index (χ1v) is 7.64. The maximum atomic E-state index is 12.7. The molecular weight excluding hydrogens is 268 g/mol. The zero-order valence-electron chi connectivity index (χ0n) is 12.6. The Morgan fingerprint density at radius 2 is 2.10 bits per heavy atom. The van der Waals surface area contributed by atoms with E-state index in [0.717, 1.165) is 18.7 Å². The summed E-state index contributed by atoms with van der Waals surface area (Å²) in [6, 6.07) is -0.364. The van der Waals surface area contributed by atoms with E-state index in [0.29, 0.717) is 25.4 Å². The van der Waals surface area contributed by atoms with Gasteiger partial charge in [-0.1, -0.05) is 0 Å². The second-order valence-electron chi connectivity index (χ2n) is 6.14. The predicted octanol–water partition coefficient (Wildman–Crippen LogP) is 0.707. The molecule has 1 aliphatic carbocycles. The van der Waals surface area contributed by atoms with Crippen LogP contribution in [0.25, 0.3) is 0 Å². The van der Waals surface area contributed by atoms with Crippen LogP contribution in [0.5, 0.6) is 0 Å². The molecule has 0 aromatic carbocycles. The fourth-order valence-corrected chi connectivity index (χ4v) is 3.00. The van der Waals surface area contributed by atoms with Crippen molar-refractivity contribution in [2.75, 3.05) is 6.54 Å². The van der Waals surface area contributed by atoms with Crippen LogP contribution in [0.4, 0.5) is 0 Å². The Morgan fingerprint density at radius 1 is 1.33 bits per heavy atom. The molecular formula is C15H22N4O2. The van der Waals surface area contributed by atoms with Gasteiger partial charge in [0.1, 0.15) is 11.9 Å². The third kappa shape index (κ3) is 2.94. The van der Waals surface area contributed by atoms with E-state index in [2.05, 4.69) is 10.3 Å². The van der Waals surface area contributed by atoms with Crippen molar-refractivity contribution in [1.29, 1.82) is 0 Å². The molecule has 1 N–H and O–H groups in total. The average molecular weight is 290 g/mol. The lowest BCUT2D eigenvalue weighted by molar-refractivity contribution is -0.135. The molecule has 2 fully saturated rings. The van der Waals surface area contributed by atoms with Crippen LogP contribution in [0.3, 0.4) is 0 Å². The quantitative estimate of drug-likeness (QED) is 0.888. The summed E-state index contributed by atoms with van der Waals surface area (Å²) in [4.78, 5) is 30.7. The van der Waals surface area contributed by atoms with Crippen LogP contribution in [-0.4, -0.2) is 44.9 Å². The summed E-state index contributed by atoms with van der Waals surface area (Å²) in [5.41, 5.74) is 0. The molecule has 0 radical (unpaired) electrons. The fourth-order valence-electron chi connectivity index (χ4n) is 3.00. The van der Waals surface area contributed by atoms with Gasteiger partial charge in [0.2, 0.25) is 11.8 Å². The first kappa shape index (κ1) is 14.1. The molecule has 2 atom stereocenters. The van der Waals surface area contributed by atoms with Crippen LogP contribution >= 0.6 is 0 Å². The number of hydrogen-bond donors (Lipinski definition) is 1. The SMILES string of the molecule is Cc1nccn1CCN1C(=O)C(C2CC2)NC(=O)CC1C. The minimum atomic E-state index is -0.314. The molecule has 21 heavy (non-hydrogen) atoms. The monoisotopic (exact) mass is 290 g/mol. The number of carbonyl (C=O) groups excluding carboxylic acids is 2. The van der Waals surface area contributed by atoms with E-state index in [1.165, 1.54) is 0 Å². The summed E-state index contributed by atoms with van der Waals surface area (Å²) < 4.78 is 2.03. The summed E-state index contributed by atoms with van der Waals surface area (Å²) in [5.74, 6) is 1.35. The largest absolute Gasteiger partial charge is 0.344 e. The average Bonchev–Trinajstić information content (AvgIpc) is 3.20. The normalized spacial score (nSPS) is 26.7. The summed E-state index contributed by atoms with van der Waals surface area (Å²) in [6.45, 7) is 5.24. The van der Waals surface area contributed by atoms with Crippen molar-refractivity contribution in [2.24, 2.45) is 5.92 Å². The number of rotatable bonds is 4. The summed E-state index contributed by atoms with van der Waals surface area (Å²) >= 11 is 0. The van der Waals surface area contributed by atoms with Crippen molar-refractivity contribution < 1.29 is 9.59 Å². The summed E-state index contributed by atoms with van der Waals surface area (Å²) in [5, 5.41) is 2.91. The van der Waals surface area contributed by atoms with E-state index >= 15 is 0 Å². The molecule has 1 saturated heterocycles. The molecule has 2 aliphatic rings. The molecule has 6 heteroatoms. The number of hydrogen-bond acceptors (Lipinski definition) is 3. The Morgan fingerprint density at radius 3 is 2.71 bits per heavy atom. The number of imidazole rings is 1. The van der Waals surface area contributed by atoms with Crippen LogP contribution in [0.2, 0.25) is 0 Å². The molecule has 1 saturated carbocycles. The molecule has 2 unspecified atom stereocenters. The first-order valence-electron chi connectivity index (χ1n) is 7.64. The standard InChI is InChI=1S/C15H22N4O2/c1-10-9-13(20)17-14(12-3-4-12)15(21)19(10)8-7-18-6-5-16-11(18)2/h5-6,10,12,14H,3-4,7-9H2,1-2H3,(H,17,20). The Hall–Kier alpha value is -1.85. The molecule has 0 spiro atoms. The number of aromatic nitrogens is 2. The van der Waals surface area contributed by atoms with E-state index in [9.17, 15) is 9.59 Å². The van der Waals surface area contributed by atoms with E-state index in [4.69, 9.17) is 0 Å². The highest BCUT2D eigenvalue weighted by Gasteiger charge is 2.42. The van der Waals surface area contributed by atoms with E-state index < -0.39 is 0 Å². The minimum Gasteiger partial charge on any atom is -0.344 e. The van der Waals surface area contributed by atoms with Crippen LogP contribution in [0.1, 0.15) is 32.0 Å². The minimum absolute atomic E-state index is 0.00550. The predicted molar refractivity (Wildman–Crippen MR) is 77.4 cm³/mol. The van der Waals surface area contributed by atoms with Gasteiger partial charge in [0, 0.05) is 37.9 Å². The number of aryl methyl sites for hydroxylation is 1. The molecule has 2 heterocycles. The Bertz CT molecular complexity index is 550. The van der Waals surface area contributed by atoms with E-state index in [1.807, 2.05) is 29.5 Å². The van der Waals surface area contributed by atoms with E-state index in [-0.39, 0.29) is 23.9 Å². The lowest BCUT2D eigenvalue weighted by atomic mass is 10.1. The lowest BCUT2D eigenvalue weighted by Gasteiger charge is -2.29. The highest BCUT2D eigenvalue weighted by molar-refractivity contribution is 5.91. The zero-order valence-corrected chi connectivity index (χ0v) is 12.6. The molecule has 3 rings (SSSR count). The summed E-state index contributed by atoms with van der Waals surface area (Å²) in [6.07, 6.45) is 6.15. The van der Waals surface area contributed by atoms with Gasteiger partial charge in [-0.2, -0.15) is 0 Å². The number of nitrogens with zero attached hydrogens (tertiary/aromatic N) is 3. The van der Waals surface area contributed by atoms with Crippen molar-refractivity contribution in [3.63, 3.8) is 0 Å². The van der Waals surface area contributed by atoms with Crippen molar-refractivity contribution in [3.05, 3.63) is 18.2 Å². The number of amides is 2. The van der Waals surface area contributed by atoms with Gasteiger partial charge in [0.25, 0.3) is 0 Å². The molecule has 114 valence electrons. The number of carbonyl (C=O) groups is 2. The third-order valence-electron chi connectivity index (χ3n) is 4.48. The van der Waals surface area contributed by atoms with Gasteiger partial charge in [0.05, 0.1) is 0 Å². The molecule has 0 bridgehead atoms. The Labute approximate surface area is 124 Å². The topological polar surface area (TPSA) is 67.2 Å². The van der Waals surface area contributed by atoms with Crippen molar-refractivity contribution in [3.8, 4) is 0 Å². The third-order valence-corrected chi connectivity index (χ3v) is 4.48. The van der Waals surface area contributed by atoms with Gasteiger partial charge < -0.3 is 14.8 Å². The van der Waals surface area contributed by atoms with Gasteiger partial charge in [-0.25, -0.2) is 4.98 Å². The molecule has 1 aromatic heterocycles. The van der Waals surface area contributed by atoms with Gasteiger partial charge in [-0.3, -0.25) is 9.59 Å². The Kier molecular flexibility index (Phi) is 3.69. The van der Waals surface area contributed by atoms with Crippen molar-refractivity contribution in [1.82, 2.24) is 19.8 Å². The zero-order chi connectivity index (χ0) is 15.0. The number of nitrogens with one attached hydrogen (secondary N) is 1. The van der Waals surface area contributed by atoms with Crippen LogP contribution in [0.15, 0.2) is 12.4 Å². The maximum Gasteiger partial charge on any atom is 0.245 e. The van der Waals surface area contributed by atoms with Crippen LogP contribution in [-0.2, 0) is 16.1 Å². The smallest absolute Gasteiger partial charge is 0.245 e. The highest BCUT2D eigenvalue weighted by Crippen LogP contribution is 2.34. The Balaban J connectivity index is 1.72. The molecule has 1 aromatic rings. The molecule has 2 amide bonds. The van der Waals surface area contributed by atoms with Gasteiger partial charge in [0.15, 0.2) is 0 Å². The summed E-state index contributed by atoms with van der Waals surface area (Å²) in [7, 11) is 0. The van der Waals surface area contributed by atoms with Crippen molar-refractivity contribution >= 4 is 11.8 Å². The van der Waals surface area contributed by atoms with Crippen LogP contribution < -0.4 is 5.32 Å². The molecule has 1 aliphatic heterocycles. The molecule has 6 nitrogen and oxygen atoms in total. The first-order chi connectivity index (χ1) is 10.1. The van der Waals surface area contributed by atoms with Crippen molar-refractivity contribution in [2.45, 2.75) is 51.7 Å². The van der Waals surface area contributed by atoms with Gasteiger partial charge >= 0.3 is 0 Å². The van der Waals surface area contributed by atoms with Gasteiger partial charge in [-0.15, -0.1) is 0 Å².